The minimum atomic E-state index is -0.923. The maximum atomic E-state index is 13.1. The maximum absolute atomic E-state index is 13.1. The van der Waals surface area contributed by atoms with Gasteiger partial charge in [-0.15, -0.1) is 11.8 Å². The SMILES string of the molecule is CN(Cc1ccc(C#N)cc1)C(=O)CSc1ccc(F)c(F)c1. The van der Waals surface area contributed by atoms with Crippen LogP contribution in [0.3, 0.4) is 0 Å². The van der Waals surface area contributed by atoms with E-state index in [1.807, 2.05) is 6.07 Å². The largest absolute Gasteiger partial charge is 0.341 e. The first kappa shape index (κ1) is 17.0. The first-order chi connectivity index (χ1) is 11.0. The van der Waals surface area contributed by atoms with Crippen LogP contribution in [0.1, 0.15) is 11.1 Å². The second-order valence-corrected chi connectivity index (χ2v) is 5.97. The molecular formula is C17H14F2N2OS. The van der Waals surface area contributed by atoms with E-state index >= 15 is 0 Å². The maximum Gasteiger partial charge on any atom is 0.232 e. The van der Waals surface area contributed by atoms with Gasteiger partial charge in [-0.25, -0.2) is 8.78 Å². The first-order valence-corrected chi connectivity index (χ1v) is 7.79. The molecule has 0 saturated heterocycles. The van der Waals surface area contributed by atoms with E-state index in [-0.39, 0.29) is 11.7 Å². The minimum Gasteiger partial charge on any atom is -0.341 e. The number of halogens is 2. The number of rotatable bonds is 5. The Morgan fingerprint density at radius 1 is 1.17 bits per heavy atom. The van der Waals surface area contributed by atoms with Crippen molar-refractivity contribution < 1.29 is 13.6 Å². The summed E-state index contributed by atoms with van der Waals surface area (Å²) in [5.41, 5.74) is 1.48. The molecule has 0 heterocycles. The fraction of sp³-hybridized carbons (Fsp3) is 0.176. The lowest BCUT2D eigenvalue weighted by Crippen LogP contribution is -2.27. The fourth-order valence-electron chi connectivity index (χ4n) is 1.87. The van der Waals surface area contributed by atoms with Crippen molar-refractivity contribution >= 4 is 17.7 Å². The van der Waals surface area contributed by atoms with Gasteiger partial charge < -0.3 is 4.90 Å². The van der Waals surface area contributed by atoms with E-state index in [4.69, 9.17) is 5.26 Å². The molecule has 0 spiro atoms. The van der Waals surface area contributed by atoms with Crippen molar-refractivity contribution in [2.75, 3.05) is 12.8 Å². The summed E-state index contributed by atoms with van der Waals surface area (Å²) in [7, 11) is 1.67. The Labute approximate surface area is 137 Å². The predicted molar refractivity (Wildman–Crippen MR) is 84.7 cm³/mol. The first-order valence-electron chi connectivity index (χ1n) is 6.80. The molecule has 3 nitrogen and oxygen atoms in total. The zero-order valence-electron chi connectivity index (χ0n) is 12.4. The molecule has 1 amide bonds. The molecule has 0 saturated carbocycles. The monoisotopic (exact) mass is 332 g/mol. The van der Waals surface area contributed by atoms with Gasteiger partial charge in [0.05, 0.1) is 17.4 Å². The second kappa shape index (κ2) is 7.75. The summed E-state index contributed by atoms with van der Waals surface area (Å²) in [4.78, 5) is 14.1. The van der Waals surface area contributed by atoms with Gasteiger partial charge in [-0.1, -0.05) is 12.1 Å². The normalized spacial score (nSPS) is 10.2. The molecule has 6 heteroatoms. The Bertz CT molecular complexity index is 741. The highest BCUT2D eigenvalue weighted by atomic mass is 32.2. The number of hydrogen-bond acceptors (Lipinski definition) is 3. The third kappa shape index (κ3) is 4.80. The van der Waals surface area contributed by atoms with E-state index in [9.17, 15) is 13.6 Å². The van der Waals surface area contributed by atoms with Crippen molar-refractivity contribution in [2.24, 2.45) is 0 Å². The van der Waals surface area contributed by atoms with Crippen LogP contribution in [-0.2, 0) is 11.3 Å². The Balaban J connectivity index is 1.89. The van der Waals surface area contributed by atoms with Gasteiger partial charge in [0.15, 0.2) is 11.6 Å². The number of thioether (sulfide) groups is 1. The van der Waals surface area contributed by atoms with Crippen LogP contribution >= 0.6 is 11.8 Å². The van der Waals surface area contributed by atoms with Crippen LogP contribution in [0.15, 0.2) is 47.4 Å². The van der Waals surface area contributed by atoms with Gasteiger partial charge in [0, 0.05) is 18.5 Å². The molecule has 0 bridgehead atoms. The molecule has 23 heavy (non-hydrogen) atoms. The molecule has 118 valence electrons. The summed E-state index contributed by atoms with van der Waals surface area (Å²) in [5.74, 6) is -1.81. The van der Waals surface area contributed by atoms with Crippen LogP contribution in [0.4, 0.5) is 8.78 Å². The van der Waals surface area contributed by atoms with Gasteiger partial charge in [-0.05, 0) is 35.9 Å². The average molecular weight is 332 g/mol. The van der Waals surface area contributed by atoms with Crippen molar-refractivity contribution in [3.05, 3.63) is 65.2 Å². The molecule has 0 unspecified atom stereocenters. The zero-order valence-corrected chi connectivity index (χ0v) is 13.2. The lowest BCUT2D eigenvalue weighted by atomic mass is 10.1. The summed E-state index contributed by atoms with van der Waals surface area (Å²) in [6, 6.07) is 12.6. The lowest BCUT2D eigenvalue weighted by Gasteiger charge is -2.17. The fourth-order valence-corrected chi connectivity index (χ4v) is 2.73. The number of nitrogens with zero attached hydrogens (tertiary/aromatic N) is 2. The smallest absolute Gasteiger partial charge is 0.232 e. The molecule has 0 aliphatic heterocycles. The van der Waals surface area contributed by atoms with Gasteiger partial charge in [0.1, 0.15) is 0 Å². The van der Waals surface area contributed by atoms with Crippen molar-refractivity contribution in [1.29, 1.82) is 5.26 Å². The molecule has 2 rings (SSSR count). The molecule has 0 N–H and O–H groups in total. The molecular weight excluding hydrogens is 318 g/mol. The number of amides is 1. The molecule has 0 aliphatic rings. The van der Waals surface area contributed by atoms with Gasteiger partial charge in [-0.2, -0.15) is 5.26 Å². The van der Waals surface area contributed by atoms with E-state index < -0.39 is 11.6 Å². The highest BCUT2D eigenvalue weighted by Crippen LogP contribution is 2.21. The highest BCUT2D eigenvalue weighted by Gasteiger charge is 2.11. The van der Waals surface area contributed by atoms with Crippen LogP contribution in [0.5, 0.6) is 0 Å². The number of carbonyl (C=O) groups is 1. The molecule has 0 aromatic heterocycles. The van der Waals surface area contributed by atoms with Gasteiger partial charge in [0.2, 0.25) is 5.91 Å². The van der Waals surface area contributed by atoms with Crippen molar-refractivity contribution in [3.8, 4) is 6.07 Å². The summed E-state index contributed by atoms with van der Waals surface area (Å²) >= 11 is 1.16. The van der Waals surface area contributed by atoms with Crippen molar-refractivity contribution in [1.82, 2.24) is 4.90 Å². The third-order valence-corrected chi connectivity index (χ3v) is 4.16. The minimum absolute atomic E-state index is 0.121. The third-order valence-electron chi connectivity index (χ3n) is 3.18. The van der Waals surface area contributed by atoms with E-state index in [0.717, 1.165) is 29.5 Å². The molecule has 2 aromatic rings. The van der Waals surface area contributed by atoms with Gasteiger partial charge >= 0.3 is 0 Å². The Hall–Kier alpha value is -2.39. The summed E-state index contributed by atoms with van der Waals surface area (Å²) in [5, 5.41) is 8.75. The lowest BCUT2D eigenvalue weighted by molar-refractivity contribution is -0.127. The van der Waals surface area contributed by atoms with Crippen LogP contribution < -0.4 is 0 Å². The highest BCUT2D eigenvalue weighted by molar-refractivity contribution is 8.00. The summed E-state index contributed by atoms with van der Waals surface area (Å²) < 4.78 is 25.9. The van der Waals surface area contributed by atoms with E-state index in [0.29, 0.717) is 17.0 Å². The van der Waals surface area contributed by atoms with Crippen LogP contribution in [0.25, 0.3) is 0 Å². The van der Waals surface area contributed by atoms with E-state index in [1.165, 1.54) is 6.07 Å². The molecule has 0 radical (unpaired) electrons. The molecule has 0 aliphatic carbocycles. The molecule has 2 aromatic carbocycles. The van der Waals surface area contributed by atoms with Crippen LogP contribution in [-0.4, -0.2) is 23.6 Å². The standard InChI is InChI=1S/C17H14F2N2OS/c1-21(10-13-4-2-12(9-20)3-5-13)17(22)11-23-14-6-7-15(18)16(19)8-14/h2-8H,10-11H2,1H3. The van der Waals surface area contributed by atoms with Crippen LogP contribution in [0.2, 0.25) is 0 Å². The van der Waals surface area contributed by atoms with E-state index in [2.05, 4.69) is 0 Å². The van der Waals surface area contributed by atoms with E-state index in [1.54, 1.807) is 36.2 Å². The average Bonchev–Trinajstić information content (AvgIpc) is 2.56. The Morgan fingerprint density at radius 3 is 2.48 bits per heavy atom. The van der Waals surface area contributed by atoms with Crippen molar-refractivity contribution in [3.63, 3.8) is 0 Å². The summed E-state index contributed by atoms with van der Waals surface area (Å²) in [6.07, 6.45) is 0. The van der Waals surface area contributed by atoms with Gasteiger partial charge in [-0.3, -0.25) is 4.79 Å². The Morgan fingerprint density at radius 2 is 1.87 bits per heavy atom. The Kier molecular flexibility index (Phi) is 5.72. The number of hydrogen-bond donors (Lipinski definition) is 0. The number of benzene rings is 2. The summed E-state index contributed by atoms with van der Waals surface area (Å²) in [6.45, 7) is 0.420. The predicted octanol–water partition coefficient (Wildman–Crippen LogP) is 3.59. The second-order valence-electron chi connectivity index (χ2n) is 4.92. The zero-order chi connectivity index (χ0) is 16.8. The quantitative estimate of drug-likeness (QED) is 0.786. The van der Waals surface area contributed by atoms with Crippen LogP contribution in [0, 0.1) is 23.0 Å². The number of carbonyl (C=O) groups excluding carboxylic acids is 1. The topological polar surface area (TPSA) is 44.1 Å². The van der Waals surface area contributed by atoms with Gasteiger partial charge in [0.25, 0.3) is 0 Å². The molecule has 0 atom stereocenters. The van der Waals surface area contributed by atoms with Crippen molar-refractivity contribution in [2.45, 2.75) is 11.4 Å². The number of nitriles is 1. The molecule has 0 fully saturated rings.